The molecule has 0 aromatic carbocycles. The number of amides is 2. The second-order valence-electron chi connectivity index (χ2n) is 1.82. The molecule has 0 atom stereocenters. The molecule has 1 aliphatic rings. The van der Waals surface area contributed by atoms with Crippen molar-refractivity contribution in [3.05, 3.63) is 0 Å². The van der Waals surface area contributed by atoms with Gasteiger partial charge in [-0.2, -0.15) is 0 Å². The van der Waals surface area contributed by atoms with Crippen molar-refractivity contribution in [3.8, 4) is 0 Å². The Morgan fingerprint density at radius 2 is 1.62 bits per heavy atom. The zero-order valence-electron chi connectivity index (χ0n) is 4.44. The van der Waals surface area contributed by atoms with Crippen LogP contribution in [0.25, 0.3) is 0 Å². The molecule has 0 aromatic heterocycles. The highest BCUT2D eigenvalue weighted by Gasteiger charge is 2.12. The van der Waals surface area contributed by atoms with E-state index in [-0.39, 0.29) is 11.8 Å². The number of piperidine rings is 1. The van der Waals surface area contributed by atoms with Crippen LogP contribution in [-0.2, 0) is 9.59 Å². The minimum Gasteiger partial charge on any atom is -0.296 e. The molecule has 0 radical (unpaired) electrons. The third kappa shape index (κ3) is 1.05. The van der Waals surface area contributed by atoms with Gasteiger partial charge in [-0.1, -0.05) is 0 Å². The summed E-state index contributed by atoms with van der Waals surface area (Å²) in [5.41, 5.74) is 0. The van der Waals surface area contributed by atoms with Crippen LogP contribution in [0.15, 0.2) is 0 Å². The Balaban J connectivity index is 2.45. The molecule has 3 nitrogen and oxygen atoms in total. The molecule has 1 aliphatic heterocycles. The largest absolute Gasteiger partial charge is 0.296 e. The van der Waals surface area contributed by atoms with Gasteiger partial charge in [-0.3, -0.25) is 14.9 Å². The quantitative estimate of drug-likeness (QED) is 0.353. The van der Waals surface area contributed by atoms with Gasteiger partial charge in [-0.25, -0.2) is 0 Å². The van der Waals surface area contributed by atoms with Gasteiger partial charge in [0, 0.05) is 12.8 Å². The Morgan fingerprint density at radius 1 is 1.12 bits per heavy atom. The van der Waals surface area contributed by atoms with Crippen LogP contribution in [0.3, 0.4) is 0 Å². The van der Waals surface area contributed by atoms with Crippen molar-refractivity contribution >= 4 is 11.8 Å². The number of carbonyl (C=O) groups is 2. The molecule has 2 amide bonds. The van der Waals surface area contributed by atoms with Crippen molar-refractivity contribution < 1.29 is 9.59 Å². The standard InChI is InChI=1S/C5H7NO2/c7-4-2-1-3-5(8)6-4/h1-3H2,(H,6,7,8)/i2+1,3+1,4+1,5+1. The van der Waals surface area contributed by atoms with Crippen molar-refractivity contribution in [2.45, 2.75) is 19.3 Å². The lowest BCUT2D eigenvalue weighted by Crippen LogP contribution is -2.33. The maximum atomic E-state index is 10.3. The van der Waals surface area contributed by atoms with Gasteiger partial charge < -0.3 is 0 Å². The summed E-state index contributed by atoms with van der Waals surface area (Å²) in [6.07, 6.45) is 1.72. The van der Waals surface area contributed by atoms with E-state index in [9.17, 15) is 9.59 Å². The van der Waals surface area contributed by atoms with Crippen LogP contribution in [0.1, 0.15) is 19.3 Å². The first-order chi connectivity index (χ1) is 3.79. The van der Waals surface area contributed by atoms with Gasteiger partial charge in [-0.15, -0.1) is 0 Å². The first-order valence-electron chi connectivity index (χ1n) is 2.62. The third-order valence-electron chi connectivity index (χ3n) is 1.09. The van der Waals surface area contributed by atoms with Crippen molar-refractivity contribution in [1.29, 1.82) is 0 Å². The molecule has 0 unspecified atom stereocenters. The molecule has 1 fully saturated rings. The molecule has 0 aromatic rings. The lowest BCUT2D eigenvalue weighted by molar-refractivity contribution is -0.132. The second-order valence-corrected chi connectivity index (χ2v) is 1.82. The lowest BCUT2D eigenvalue weighted by Gasteiger charge is -2.07. The second kappa shape index (κ2) is 1.94. The van der Waals surface area contributed by atoms with Crippen LogP contribution in [0, 0.1) is 0 Å². The SMILES string of the molecule is O=[13C]1[13CH2]C[13CH2][13C](=O)N1. The number of imide groups is 1. The molecule has 0 saturated carbocycles. The molecular weight excluding hydrogens is 110 g/mol. The van der Waals surface area contributed by atoms with E-state index in [4.69, 9.17) is 0 Å². The molecule has 44 valence electrons. The maximum absolute atomic E-state index is 10.3. The van der Waals surface area contributed by atoms with Crippen molar-refractivity contribution in [2.75, 3.05) is 0 Å². The van der Waals surface area contributed by atoms with Crippen molar-refractivity contribution in [3.63, 3.8) is 0 Å². The summed E-state index contributed by atoms with van der Waals surface area (Å²) in [6.45, 7) is 0. The summed E-state index contributed by atoms with van der Waals surface area (Å²) in [5.74, 6) is -0.275. The zero-order chi connectivity index (χ0) is 5.98. The normalized spacial score (nSPS) is 20.5. The number of nitrogens with one attached hydrogen (secondary N) is 1. The van der Waals surface area contributed by atoms with Crippen LogP contribution in [-0.4, -0.2) is 11.8 Å². The summed E-state index contributed by atoms with van der Waals surface area (Å²) in [6, 6.07) is 0. The molecule has 1 saturated heterocycles. The molecule has 1 N–H and O–H groups in total. The number of carbonyl (C=O) groups excluding carboxylic acids is 2. The van der Waals surface area contributed by atoms with E-state index in [1.807, 2.05) is 0 Å². The topological polar surface area (TPSA) is 46.2 Å². The Labute approximate surface area is 47.1 Å². The van der Waals surface area contributed by atoms with Gasteiger partial charge in [0.15, 0.2) is 0 Å². The van der Waals surface area contributed by atoms with Gasteiger partial charge in [0.05, 0.1) is 0 Å². The molecule has 0 bridgehead atoms. The first kappa shape index (κ1) is 5.28. The summed E-state index contributed by atoms with van der Waals surface area (Å²) in [7, 11) is 0. The lowest BCUT2D eigenvalue weighted by atomic mass is 10.8. The predicted molar refractivity (Wildman–Crippen MR) is 27.0 cm³/mol. The number of hydrogen-bond donors (Lipinski definition) is 1. The van der Waals surface area contributed by atoms with Gasteiger partial charge in [0.25, 0.3) is 0 Å². The fourth-order valence-corrected chi connectivity index (χ4v) is 0.690. The van der Waals surface area contributed by atoms with E-state index < -0.39 is 0 Å². The van der Waals surface area contributed by atoms with Gasteiger partial charge >= 0.3 is 0 Å². The predicted octanol–water partition coefficient (Wildman–Crippen LogP) is -0.187. The summed E-state index contributed by atoms with van der Waals surface area (Å²) in [4.78, 5) is 20.7. The van der Waals surface area contributed by atoms with Crippen LogP contribution in [0.4, 0.5) is 0 Å². The minimum atomic E-state index is -0.138. The third-order valence-corrected chi connectivity index (χ3v) is 1.09. The zero-order valence-corrected chi connectivity index (χ0v) is 4.44. The Bertz CT molecular complexity index is 116. The smallest absolute Gasteiger partial charge is 0.226 e. The molecular formula is C5H7NO2. The number of hydrogen-bond acceptors (Lipinski definition) is 2. The highest BCUT2D eigenvalue weighted by atomic mass is 16.3. The van der Waals surface area contributed by atoms with Crippen LogP contribution < -0.4 is 5.32 Å². The van der Waals surface area contributed by atoms with E-state index in [2.05, 4.69) is 5.32 Å². The summed E-state index contributed by atoms with van der Waals surface area (Å²) < 4.78 is 0. The molecule has 1 rings (SSSR count). The van der Waals surface area contributed by atoms with Gasteiger partial charge in [0.2, 0.25) is 11.8 Å². The number of rotatable bonds is 0. The molecule has 8 heavy (non-hydrogen) atoms. The highest BCUT2D eigenvalue weighted by molar-refractivity contribution is 5.97. The fraction of sp³-hybridized carbons (Fsp3) is 0.600. The summed E-state index contributed by atoms with van der Waals surface area (Å²) >= 11 is 0. The fourth-order valence-electron chi connectivity index (χ4n) is 0.690. The molecule has 0 spiro atoms. The average Bonchev–Trinajstić information content (AvgIpc) is 1.64. The molecule has 3 heteroatoms. The molecule has 1 heterocycles. The summed E-state index contributed by atoms with van der Waals surface area (Å²) in [5, 5.41) is 2.20. The highest BCUT2D eigenvalue weighted by Crippen LogP contribution is 2.00. The van der Waals surface area contributed by atoms with Gasteiger partial charge in [0.1, 0.15) is 0 Å². The maximum Gasteiger partial charge on any atom is 0.226 e. The van der Waals surface area contributed by atoms with E-state index in [0.29, 0.717) is 19.3 Å². The van der Waals surface area contributed by atoms with Gasteiger partial charge in [-0.05, 0) is 6.42 Å². The van der Waals surface area contributed by atoms with Crippen LogP contribution in [0.5, 0.6) is 0 Å². The van der Waals surface area contributed by atoms with E-state index in [1.54, 1.807) is 0 Å². The Hall–Kier alpha value is -0.860. The van der Waals surface area contributed by atoms with Crippen molar-refractivity contribution in [2.24, 2.45) is 0 Å². The monoisotopic (exact) mass is 117 g/mol. The van der Waals surface area contributed by atoms with Crippen LogP contribution >= 0.6 is 0 Å². The Kier molecular flexibility index (Phi) is 1.28. The van der Waals surface area contributed by atoms with Crippen LogP contribution in [0.2, 0.25) is 0 Å². The molecule has 0 aliphatic carbocycles. The first-order valence-corrected chi connectivity index (χ1v) is 2.62. The van der Waals surface area contributed by atoms with E-state index >= 15 is 0 Å². The van der Waals surface area contributed by atoms with Crippen molar-refractivity contribution in [1.82, 2.24) is 5.32 Å². The minimum absolute atomic E-state index is 0.138. The van der Waals surface area contributed by atoms with E-state index in [1.165, 1.54) is 0 Å². The average molecular weight is 117 g/mol. The Morgan fingerprint density at radius 3 is 1.88 bits per heavy atom. The van der Waals surface area contributed by atoms with E-state index in [0.717, 1.165) is 0 Å².